The number of aryl methyl sites for hydroxylation is 1. The van der Waals surface area contributed by atoms with Crippen LogP contribution >= 0.6 is 0 Å². The van der Waals surface area contributed by atoms with Gasteiger partial charge in [-0.3, -0.25) is 9.78 Å². The third kappa shape index (κ3) is 5.36. The van der Waals surface area contributed by atoms with Gasteiger partial charge in [0.15, 0.2) is 5.75 Å². The molecule has 0 atom stereocenters. The Morgan fingerprint density at radius 1 is 1.29 bits per heavy atom. The molecule has 4 heteroatoms. The fourth-order valence-electron chi connectivity index (χ4n) is 1.36. The van der Waals surface area contributed by atoms with Crippen molar-refractivity contribution in [2.24, 2.45) is 5.73 Å². The molecule has 94 valence electrons. The van der Waals surface area contributed by atoms with Gasteiger partial charge in [-0.25, -0.2) is 4.79 Å². The summed E-state index contributed by atoms with van der Waals surface area (Å²) in [6, 6.07) is 7.45. The second kappa shape index (κ2) is 7.68. The summed E-state index contributed by atoms with van der Waals surface area (Å²) >= 11 is 0. The zero-order valence-corrected chi connectivity index (χ0v) is 10.1. The number of rotatable bonds is 7. The first-order valence-corrected chi connectivity index (χ1v) is 5.92. The van der Waals surface area contributed by atoms with E-state index in [2.05, 4.69) is 4.89 Å². The van der Waals surface area contributed by atoms with Gasteiger partial charge in [0.05, 0.1) is 0 Å². The van der Waals surface area contributed by atoms with Crippen LogP contribution in [-0.2, 0) is 16.1 Å². The van der Waals surface area contributed by atoms with Gasteiger partial charge in [0.1, 0.15) is 0 Å². The van der Waals surface area contributed by atoms with Crippen LogP contribution in [0.5, 0.6) is 5.75 Å². The van der Waals surface area contributed by atoms with Gasteiger partial charge in [0, 0.05) is 6.42 Å². The molecule has 0 saturated carbocycles. The van der Waals surface area contributed by atoms with Crippen molar-refractivity contribution in [3.8, 4) is 5.75 Å². The Balaban J connectivity index is 2.37. The van der Waals surface area contributed by atoms with Gasteiger partial charge in [-0.05, 0) is 43.5 Å². The molecule has 0 amide bonds. The summed E-state index contributed by atoms with van der Waals surface area (Å²) in [6.45, 7) is 2.60. The first kappa shape index (κ1) is 13.5. The van der Waals surface area contributed by atoms with Crippen molar-refractivity contribution in [2.45, 2.75) is 32.6 Å². The molecule has 0 fully saturated rings. The van der Waals surface area contributed by atoms with Gasteiger partial charge in [-0.1, -0.05) is 19.1 Å². The molecule has 17 heavy (non-hydrogen) atoms. The van der Waals surface area contributed by atoms with E-state index in [1.807, 2.05) is 19.1 Å². The second-order valence-electron chi connectivity index (χ2n) is 3.82. The number of hydrogen-bond acceptors (Lipinski definition) is 4. The zero-order chi connectivity index (χ0) is 12.5. The second-order valence-corrected chi connectivity index (χ2v) is 3.82. The van der Waals surface area contributed by atoms with E-state index in [-0.39, 0.29) is 5.97 Å². The summed E-state index contributed by atoms with van der Waals surface area (Å²) in [5, 5.41) is 0. The molecule has 0 aliphatic heterocycles. The van der Waals surface area contributed by atoms with Crippen molar-refractivity contribution in [2.75, 3.05) is 6.54 Å². The van der Waals surface area contributed by atoms with Crippen LogP contribution in [0.1, 0.15) is 31.7 Å². The minimum Gasteiger partial charge on any atom is -0.330 e. The molecule has 0 bridgehead atoms. The van der Waals surface area contributed by atoms with Gasteiger partial charge in [0.25, 0.3) is 0 Å². The lowest BCUT2D eigenvalue weighted by atomic mass is 10.1. The average Bonchev–Trinajstić information content (AvgIpc) is 2.35. The fraction of sp³-hybridized carbons (Fsp3) is 0.462. The van der Waals surface area contributed by atoms with Crippen LogP contribution < -0.4 is 10.6 Å². The zero-order valence-electron chi connectivity index (χ0n) is 10.1. The maximum absolute atomic E-state index is 11.1. The molecule has 0 radical (unpaired) electrons. The predicted molar refractivity (Wildman–Crippen MR) is 65.4 cm³/mol. The van der Waals surface area contributed by atoms with Crippen LogP contribution in [0.4, 0.5) is 0 Å². The van der Waals surface area contributed by atoms with Gasteiger partial charge in [0.2, 0.25) is 0 Å². The highest BCUT2D eigenvalue weighted by atomic mass is 17.2. The van der Waals surface area contributed by atoms with E-state index < -0.39 is 0 Å². The molecule has 1 rings (SSSR count). The molecular weight excluding hydrogens is 218 g/mol. The van der Waals surface area contributed by atoms with Crippen LogP contribution in [0.3, 0.4) is 0 Å². The van der Waals surface area contributed by atoms with Gasteiger partial charge in [-0.2, -0.15) is 0 Å². The number of carbonyl (C=O) groups excluding carboxylic acids is 1. The first-order chi connectivity index (χ1) is 8.26. The summed E-state index contributed by atoms with van der Waals surface area (Å²) < 4.78 is 0. The number of carbonyl (C=O) groups is 1. The average molecular weight is 237 g/mol. The Kier molecular flexibility index (Phi) is 6.10. The maximum Gasteiger partial charge on any atom is 0.355 e. The Bertz CT molecular complexity index is 335. The van der Waals surface area contributed by atoms with Gasteiger partial charge in [-0.15, -0.1) is 0 Å². The van der Waals surface area contributed by atoms with Crippen LogP contribution in [-0.4, -0.2) is 12.5 Å². The number of benzene rings is 1. The third-order valence-electron chi connectivity index (χ3n) is 2.28. The highest BCUT2D eigenvalue weighted by Gasteiger charge is 2.03. The summed E-state index contributed by atoms with van der Waals surface area (Å²) in [4.78, 5) is 20.6. The van der Waals surface area contributed by atoms with Crippen molar-refractivity contribution >= 4 is 5.97 Å². The predicted octanol–water partition coefficient (Wildman–Crippen LogP) is 2.21. The van der Waals surface area contributed by atoms with Crippen molar-refractivity contribution in [1.29, 1.82) is 0 Å². The molecular formula is C13H19NO3. The van der Waals surface area contributed by atoms with Gasteiger partial charge >= 0.3 is 5.97 Å². The molecule has 0 spiro atoms. The van der Waals surface area contributed by atoms with E-state index in [9.17, 15) is 4.79 Å². The van der Waals surface area contributed by atoms with Crippen LogP contribution in [0.2, 0.25) is 0 Å². The van der Waals surface area contributed by atoms with Crippen LogP contribution in [0.25, 0.3) is 0 Å². The van der Waals surface area contributed by atoms with Crippen molar-refractivity contribution in [3.05, 3.63) is 29.8 Å². The normalized spacial score (nSPS) is 10.0. The van der Waals surface area contributed by atoms with Crippen molar-refractivity contribution < 1.29 is 14.6 Å². The van der Waals surface area contributed by atoms with E-state index >= 15 is 0 Å². The largest absolute Gasteiger partial charge is 0.355 e. The summed E-state index contributed by atoms with van der Waals surface area (Å²) in [5.41, 5.74) is 6.63. The number of hydrogen-bond donors (Lipinski definition) is 1. The molecule has 0 aliphatic carbocycles. The van der Waals surface area contributed by atoms with Gasteiger partial charge < -0.3 is 5.73 Å². The molecule has 0 unspecified atom stereocenters. The molecule has 0 aliphatic rings. The SMILES string of the molecule is CCCC(=O)OOc1ccc(CCCN)cc1. The lowest BCUT2D eigenvalue weighted by Crippen LogP contribution is -2.07. The maximum atomic E-state index is 11.1. The van der Waals surface area contributed by atoms with Crippen LogP contribution in [0.15, 0.2) is 24.3 Å². The minimum absolute atomic E-state index is 0.347. The molecule has 1 aromatic rings. The van der Waals surface area contributed by atoms with E-state index in [4.69, 9.17) is 10.6 Å². The van der Waals surface area contributed by atoms with E-state index in [1.165, 1.54) is 5.56 Å². The minimum atomic E-state index is -0.347. The molecule has 0 heterocycles. The Hall–Kier alpha value is -1.55. The molecule has 0 aromatic heterocycles. The quantitative estimate of drug-likeness (QED) is 0.583. The summed E-state index contributed by atoms with van der Waals surface area (Å²) in [7, 11) is 0. The van der Waals surface area contributed by atoms with E-state index in [0.29, 0.717) is 18.7 Å². The molecule has 4 nitrogen and oxygen atoms in total. The number of nitrogens with two attached hydrogens (primary N) is 1. The lowest BCUT2D eigenvalue weighted by molar-refractivity contribution is -0.213. The Morgan fingerprint density at radius 3 is 2.59 bits per heavy atom. The van der Waals surface area contributed by atoms with Crippen LogP contribution in [0, 0.1) is 0 Å². The van der Waals surface area contributed by atoms with Crippen molar-refractivity contribution in [3.63, 3.8) is 0 Å². The Morgan fingerprint density at radius 2 is 2.00 bits per heavy atom. The standard InChI is InChI=1S/C13H19NO3/c1-2-4-13(15)17-16-12-8-6-11(7-9-12)5-3-10-14/h6-9H,2-5,10,14H2,1H3. The topological polar surface area (TPSA) is 61.5 Å². The van der Waals surface area contributed by atoms with E-state index in [1.54, 1.807) is 12.1 Å². The molecule has 0 saturated heterocycles. The lowest BCUT2D eigenvalue weighted by Gasteiger charge is -2.05. The first-order valence-electron chi connectivity index (χ1n) is 5.92. The summed E-state index contributed by atoms with van der Waals surface area (Å²) in [5.74, 6) is 0.186. The fourth-order valence-corrected chi connectivity index (χ4v) is 1.36. The highest BCUT2D eigenvalue weighted by molar-refractivity contribution is 5.68. The Labute approximate surface area is 102 Å². The summed E-state index contributed by atoms with van der Waals surface area (Å²) in [6.07, 6.45) is 3.03. The molecule has 1 aromatic carbocycles. The molecule has 2 N–H and O–H groups in total. The third-order valence-corrected chi connectivity index (χ3v) is 2.28. The smallest absolute Gasteiger partial charge is 0.330 e. The van der Waals surface area contributed by atoms with Crippen molar-refractivity contribution in [1.82, 2.24) is 0 Å². The monoisotopic (exact) mass is 237 g/mol. The highest BCUT2D eigenvalue weighted by Crippen LogP contribution is 2.13. The van der Waals surface area contributed by atoms with E-state index in [0.717, 1.165) is 19.3 Å².